The summed E-state index contributed by atoms with van der Waals surface area (Å²) in [5.74, 6) is 0.633. The summed E-state index contributed by atoms with van der Waals surface area (Å²) in [5.41, 5.74) is 10.4. The minimum atomic E-state index is 0.158. The molecule has 0 amide bonds. The van der Waals surface area contributed by atoms with E-state index in [1.165, 1.54) is 6.20 Å². The van der Waals surface area contributed by atoms with Gasteiger partial charge in [-0.1, -0.05) is 59.6 Å². The molecule has 0 bridgehead atoms. The van der Waals surface area contributed by atoms with Crippen molar-refractivity contribution in [3.63, 3.8) is 0 Å². The third-order valence-electron chi connectivity index (χ3n) is 4.46. The number of anilines is 2. The molecule has 0 atom stereocenters. The Hall–Kier alpha value is -2.89. The summed E-state index contributed by atoms with van der Waals surface area (Å²) in [6, 6.07) is 15.9. The molecule has 4 rings (SSSR count). The van der Waals surface area contributed by atoms with Gasteiger partial charge in [-0.3, -0.25) is 0 Å². The van der Waals surface area contributed by atoms with E-state index in [2.05, 4.69) is 21.4 Å². The average Bonchev–Trinajstić information content (AvgIpc) is 2.69. The second-order valence-electron chi connectivity index (χ2n) is 6.40. The molecule has 3 N–H and O–H groups in total. The van der Waals surface area contributed by atoms with E-state index in [0.29, 0.717) is 22.4 Å². The molecule has 0 aliphatic carbocycles. The largest absolute Gasteiger partial charge is 0.368 e. The maximum absolute atomic E-state index is 6.47. The predicted molar refractivity (Wildman–Crippen MR) is 116 cm³/mol. The first-order valence-electron chi connectivity index (χ1n) is 8.69. The number of aromatic nitrogens is 3. The van der Waals surface area contributed by atoms with Crippen molar-refractivity contribution >= 4 is 45.9 Å². The smallest absolute Gasteiger partial charge is 0.222 e. The third kappa shape index (κ3) is 3.59. The average molecular weight is 410 g/mol. The van der Waals surface area contributed by atoms with Crippen molar-refractivity contribution in [1.82, 2.24) is 15.0 Å². The Morgan fingerprint density at radius 2 is 1.82 bits per heavy atom. The van der Waals surface area contributed by atoms with E-state index < -0.39 is 0 Å². The lowest BCUT2D eigenvalue weighted by molar-refractivity contribution is 1.08. The second-order valence-corrected chi connectivity index (χ2v) is 7.22. The first-order valence-corrected chi connectivity index (χ1v) is 9.44. The number of hydrogen-bond donors (Lipinski definition) is 2. The number of benzene rings is 2. The highest BCUT2D eigenvalue weighted by Crippen LogP contribution is 2.32. The van der Waals surface area contributed by atoms with Crippen LogP contribution in [-0.2, 0) is 6.54 Å². The molecular weight excluding hydrogens is 393 g/mol. The van der Waals surface area contributed by atoms with Crippen LogP contribution in [0.1, 0.15) is 11.1 Å². The van der Waals surface area contributed by atoms with Gasteiger partial charge in [-0.05, 0) is 30.2 Å². The minimum Gasteiger partial charge on any atom is -0.368 e. The molecule has 0 saturated heterocycles. The molecule has 28 heavy (non-hydrogen) atoms. The molecule has 0 aliphatic heterocycles. The van der Waals surface area contributed by atoms with Gasteiger partial charge in [0.25, 0.3) is 0 Å². The summed E-state index contributed by atoms with van der Waals surface area (Å²) in [6.45, 7) is 2.50. The fourth-order valence-corrected chi connectivity index (χ4v) is 3.48. The first-order chi connectivity index (χ1) is 13.5. The molecular formula is C21H17Cl2N5. The van der Waals surface area contributed by atoms with Gasteiger partial charge in [0.15, 0.2) is 5.82 Å². The Labute approximate surface area is 172 Å². The lowest BCUT2D eigenvalue weighted by Crippen LogP contribution is -2.07. The monoisotopic (exact) mass is 409 g/mol. The van der Waals surface area contributed by atoms with Crippen LogP contribution in [0.4, 0.5) is 11.8 Å². The number of para-hydroxylation sites is 1. The van der Waals surface area contributed by atoms with E-state index in [-0.39, 0.29) is 5.95 Å². The Morgan fingerprint density at radius 1 is 1.00 bits per heavy atom. The molecule has 0 aliphatic rings. The van der Waals surface area contributed by atoms with Crippen molar-refractivity contribution in [2.24, 2.45) is 0 Å². The summed E-state index contributed by atoms with van der Waals surface area (Å²) in [6.07, 6.45) is 1.48. The van der Waals surface area contributed by atoms with E-state index in [1.807, 2.05) is 49.4 Å². The molecule has 0 spiro atoms. The van der Waals surface area contributed by atoms with Crippen LogP contribution in [0.2, 0.25) is 10.0 Å². The quantitative estimate of drug-likeness (QED) is 0.465. The standard InChI is InChI=1S/C21H17Cl2N5/c1-12-5-4-6-13-9-14(10-25-20-17(23)11-26-21(24)28-20)19(27-18(12)13)15-7-2-3-8-16(15)22/h2-9,11H,10H2,1H3,(H3,24,25,26,28). The molecule has 0 fully saturated rings. The van der Waals surface area contributed by atoms with Gasteiger partial charge in [0.05, 0.1) is 17.4 Å². The van der Waals surface area contributed by atoms with Gasteiger partial charge in [-0.2, -0.15) is 4.98 Å². The molecule has 2 heterocycles. The zero-order chi connectivity index (χ0) is 19.7. The van der Waals surface area contributed by atoms with Crippen molar-refractivity contribution in [2.45, 2.75) is 13.5 Å². The number of hydrogen-bond acceptors (Lipinski definition) is 5. The summed E-state index contributed by atoms with van der Waals surface area (Å²) < 4.78 is 0. The summed E-state index contributed by atoms with van der Waals surface area (Å²) in [7, 11) is 0. The van der Waals surface area contributed by atoms with Gasteiger partial charge in [0.2, 0.25) is 5.95 Å². The fourth-order valence-electron chi connectivity index (χ4n) is 3.10. The van der Waals surface area contributed by atoms with Crippen molar-refractivity contribution in [2.75, 3.05) is 11.1 Å². The lowest BCUT2D eigenvalue weighted by Gasteiger charge is -2.15. The summed E-state index contributed by atoms with van der Waals surface area (Å²) >= 11 is 12.6. The summed E-state index contributed by atoms with van der Waals surface area (Å²) in [5, 5.41) is 5.34. The van der Waals surface area contributed by atoms with Crippen molar-refractivity contribution < 1.29 is 0 Å². The maximum atomic E-state index is 6.47. The normalized spacial score (nSPS) is 11.0. The van der Waals surface area contributed by atoms with Crippen molar-refractivity contribution in [1.29, 1.82) is 0 Å². The number of fused-ring (bicyclic) bond motifs is 1. The molecule has 2 aromatic heterocycles. The van der Waals surface area contributed by atoms with Gasteiger partial charge < -0.3 is 11.1 Å². The van der Waals surface area contributed by atoms with E-state index in [1.54, 1.807) is 0 Å². The van der Waals surface area contributed by atoms with E-state index >= 15 is 0 Å². The number of nitrogen functional groups attached to an aromatic ring is 1. The lowest BCUT2D eigenvalue weighted by atomic mass is 10.0. The van der Waals surface area contributed by atoms with Gasteiger partial charge in [-0.25, -0.2) is 9.97 Å². The molecule has 2 aromatic carbocycles. The number of nitrogens with zero attached hydrogens (tertiary/aromatic N) is 3. The number of halogens is 2. The summed E-state index contributed by atoms with van der Waals surface area (Å²) in [4.78, 5) is 13.0. The Bertz CT molecular complexity index is 1180. The first kappa shape index (κ1) is 18.5. The number of nitrogens with one attached hydrogen (secondary N) is 1. The van der Waals surface area contributed by atoms with Crippen LogP contribution in [0.25, 0.3) is 22.2 Å². The number of nitrogens with two attached hydrogens (primary N) is 1. The van der Waals surface area contributed by atoms with Gasteiger partial charge in [-0.15, -0.1) is 0 Å². The second kappa shape index (κ2) is 7.62. The van der Waals surface area contributed by atoms with Crippen LogP contribution in [0.3, 0.4) is 0 Å². The van der Waals surface area contributed by atoms with Crippen LogP contribution >= 0.6 is 23.2 Å². The van der Waals surface area contributed by atoms with E-state index in [9.17, 15) is 0 Å². The maximum Gasteiger partial charge on any atom is 0.222 e. The molecule has 7 heteroatoms. The zero-order valence-corrected chi connectivity index (χ0v) is 16.6. The molecule has 4 aromatic rings. The third-order valence-corrected chi connectivity index (χ3v) is 5.07. The van der Waals surface area contributed by atoms with Crippen LogP contribution < -0.4 is 11.1 Å². The molecule has 140 valence electrons. The Balaban J connectivity index is 1.83. The Morgan fingerprint density at radius 3 is 2.64 bits per heavy atom. The molecule has 0 saturated carbocycles. The van der Waals surface area contributed by atoms with Gasteiger partial charge in [0, 0.05) is 22.5 Å². The topological polar surface area (TPSA) is 76.7 Å². The SMILES string of the molecule is Cc1cccc2cc(CNc3nc(N)ncc3Cl)c(-c3ccccc3Cl)nc12. The molecule has 0 radical (unpaired) electrons. The van der Waals surface area contributed by atoms with Crippen LogP contribution in [0.5, 0.6) is 0 Å². The minimum absolute atomic E-state index is 0.158. The highest BCUT2D eigenvalue weighted by molar-refractivity contribution is 6.33. The number of rotatable bonds is 4. The number of aryl methyl sites for hydroxylation is 1. The molecule has 0 unspecified atom stereocenters. The van der Waals surface area contributed by atoms with Crippen LogP contribution in [0.15, 0.2) is 54.7 Å². The van der Waals surface area contributed by atoms with Gasteiger partial charge >= 0.3 is 0 Å². The predicted octanol–water partition coefficient (Wildman–Crippen LogP) is 5.50. The van der Waals surface area contributed by atoms with Crippen molar-refractivity contribution in [3.05, 3.63) is 75.9 Å². The highest BCUT2D eigenvalue weighted by Gasteiger charge is 2.14. The van der Waals surface area contributed by atoms with E-state index in [4.69, 9.17) is 33.9 Å². The van der Waals surface area contributed by atoms with Gasteiger partial charge in [0.1, 0.15) is 5.02 Å². The number of pyridine rings is 1. The van der Waals surface area contributed by atoms with Crippen LogP contribution in [0, 0.1) is 6.92 Å². The van der Waals surface area contributed by atoms with E-state index in [0.717, 1.165) is 33.3 Å². The highest BCUT2D eigenvalue weighted by atomic mass is 35.5. The fraction of sp³-hybridized carbons (Fsp3) is 0.0952. The zero-order valence-electron chi connectivity index (χ0n) is 15.1. The van der Waals surface area contributed by atoms with Crippen LogP contribution in [-0.4, -0.2) is 15.0 Å². The Kier molecular flexibility index (Phi) is 5.03. The molecule has 5 nitrogen and oxygen atoms in total. The van der Waals surface area contributed by atoms with Crippen molar-refractivity contribution in [3.8, 4) is 11.3 Å².